The van der Waals surface area contributed by atoms with Gasteiger partial charge in [-0.2, -0.15) is 13.2 Å². The van der Waals surface area contributed by atoms with E-state index in [1.165, 1.54) is 5.56 Å². The summed E-state index contributed by atoms with van der Waals surface area (Å²) >= 11 is 5.96. The highest BCUT2D eigenvalue weighted by Gasteiger charge is 2.33. The van der Waals surface area contributed by atoms with Crippen LogP contribution in [0.15, 0.2) is 30.6 Å². The molecule has 1 N–H and O–H groups in total. The van der Waals surface area contributed by atoms with E-state index < -0.39 is 18.6 Å². The molecular formula is C23H27ClF3N5O. The van der Waals surface area contributed by atoms with Crippen molar-refractivity contribution in [3.63, 3.8) is 0 Å². The SMILES string of the molecule is C[C@@H]1CCc2ncnc(N3CCN(C(=O)C(CNCC(F)(F)F)c4ccc(Cl)cc4)CC3)c21. The van der Waals surface area contributed by atoms with E-state index in [0.717, 1.165) is 24.4 Å². The number of halogens is 4. The van der Waals surface area contributed by atoms with Crippen LogP contribution in [0.4, 0.5) is 19.0 Å². The molecule has 178 valence electrons. The molecule has 1 amide bonds. The second kappa shape index (κ2) is 9.85. The number of nitrogens with zero attached hydrogens (tertiary/aromatic N) is 4. The van der Waals surface area contributed by atoms with Gasteiger partial charge in [-0.15, -0.1) is 0 Å². The van der Waals surface area contributed by atoms with Crippen LogP contribution in [0.5, 0.6) is 0 Å². The summed E-state index contributed by atoms with van der Waals surface area (Å²) in [5.74, 6) is 0.440. The number of nitrogens with one attached hydrogen (secondary N) is 1. The Morgan fingerprint density at radius 1 is 1.18 bits per heavy atom. The van der Waals surface area contributed by atoms with Crippen molar-refractivity contribution in [2.75, 3.05) is 44.2 Å². The van der Waals surface area contributed by atoms with Crippen molar-refractivity contribution in [3.05, 3.63) is 52.4 Å². The van der Waals surface area contributed by atoms with E-state index in [1.54, 1.807) is 35.5 Å². The maximum atomic E-state index is 13.3. The lowest BCUT2D eigenvalue weighted by molar-refractivity contribution is -0.135. The molecule has 0 bridgehead atoms. The third-order valence-corrected chi connectivity index (χ3v) is 6.64. The maximum absolute atomic E-state index is 13.3. The van der Waals surface area contributed by atoms with Crippen LogP contribution in [0.3, 0.4) is 0 Å². The molecule has 33 heavy (non-hydrogen) atoms. The molecule has 1 unspecified atom stereocenters. The van der Waals surface area contributed by atoms with E-state index in [-0.39, 0.29) is 12.5 Å². The van der Waals surface area contributed by atoms with Crippen molar-refractivity contribution in [2.45, 2.75) is 37.8 Å². The number of benzene rings is 1. The van der Waals surface area contributed by atoms with Gasteiger partial charge in [-0.05, 0) is 36.5 Å². The lowest BCUT2D eigenvalue weighted by Crippen LogP contribution is -2.51. The Hall–Kier alpha value is -2.39. The van der Waals surface area contributed by atoms with Crippen LogP contribution in [-0.2, 0) is 11.2 Å². The molecule has 1 fully saturated rings. The van der Waals surface area contributed by atoms with Crippen LogP contribution < -0.4 is 10.2 Å². The zero-order valence-corrected chi connectivity index (χ0v) is 19.2. The van der Waals surface area contributed by atoms with Gasteiger partial charge < -0.3 is 15.1 Å². The van der Waals surface area contributed by atoms with E-state index in [2.05, 4.69) is 27.1 Å². The number of aryl methyl sites for hydroxylation is 1. The predicted molar refractivity (Wildman–Crippen MR) is 121 cm³/mol. The molecule has 1 saturated heterocycles. The summed E-state index contributed by atoms with van der Waals surface area (Å²) in [6, 6.07) is 6.69. The van der Waals surface area contributed by atoms with Gasteiger partial charge in [-0.25, -0.2) is 9.97 Å². The van der Waals surface area contributed by atoms with Crippen molar-refractivity contribution in [2.24, 2.45) is 0 Å². The summed E-state index contributed by atoms with van der Waals surface area (Å²) in [5, 5.41) is 2.90. The first-order chi connectivity index (χ1) is 15.7. The zero-order valence-electron chi connectivity index (χ0n) is 18.4. The van der Waals surface area contributed by atoms with Gasteiger partial charge in [0.15, 0.2) is 0 Å². The Morgan fingerprint density at radius 2 is 1.88 bits per heavy atom. The average Bonchev–Trinajstić information content (AvgIpc) is 3.18. The van der Waals surface area contributed by atoms with Crippen molar-refractivity contribution >= 4 is 23.3 Å². The quantitative estimate of drug-likeness (QED) is 0.680. The smallest absolute Gasteiger partial charge is 0.353 e. The van der Waals surface area contributed by atoms with E-state index in [1.807, 2.05) is 0 Å². The fourth-order valence-corrected chi connectivity index (χ4v) is 4.76. The number of carbonyl (C=O) groups is 1. The Balaban J connectivity index is 1.45. The first-order valence-corrected chi connectivity index (χ1v) is 11.5. The van der Waals surface area contributed by atoms with Crippen molar-refractivity contribution in [1.82, 2.24) is 20.2 Å². The first-order valence-electron chi connectivity index (χ1n) is 11.1. The van der Waals surface area contributed by atoms with Gasteiger partial charge in [0.25, 0.3) is 0 Å². The molecule has 2 heterocycles. The number of carbonyl (C=O) groups excluding carboxylic acids is 1. The summed E-state index contributed by atoms with van der Waals surface area (Å²) in [7, 11) is 0. The summed E-state index contributed by atoms with van der Waals surface area (Å²) in [5.41, 5.74) is 2.95. The molecule has 4 rings (SSSR count). The predicted octanol–water partition coefficient (Wildman–Crippen LogP) is 3.76. The molecule has 1 aliphatic heterocycles. The Bertz CT molecular complexity index is 977. The van der Waals surface area contributed by atoms with Crippen LogP contribution in [0.1, 0.15) is 42.0 Å². The van der Waals surface area contributed by atoms with Crippen LogP contribution in [0.2, 0.25) is 5.02 Å². The molecule has 1 aromatic carbocycles. The molecule has 0 saturated carbocycles. The largest absolute Gasteiger partial charge is 0.401 e. The average molecular weight is 482 g/mol. The van der Waals surface area contributed by atoms with Crippen LogP contribution >= 0.6 is 11.6 Å². The van der Waals surface area contributed by atoms with Crippen molar-refractivity contribution in [1.29, 1.82) is 0 Å². The lowest BCUT2D eigenvalue weighted by atomic mass is 9.97. The summed E-state index contributed by atoms with van der Waals surface area (Å²) < 4.78 is 38.0. The molecule has 1 aromatic heterocycles. The highest BCUT2D eigenvalue weighted by Crippen LogP contribution is 2.37. The highest BCUT2D eigenvalue weighted by molar-refractivity contribution is 6.30. The third kappa shape index (κ3) is 5.58. The minimum absolute atomic E-state index is 0.100. The number of piperazine rings is 1. The number of hydrogen-bond acceptors (Lipinski definition) is 5. The van der Waals surface area contributed by atoms with E-state index in [9.17, 15) is 18.0 Å². The summed E-state index contributed by atoms with van der Waals surface area (Å²) in [4.78, 5) is 26.2. The molecule has 10 heteroatoms. The number of anilines is 1. The Morgan fingerprint density at radius 3 is 2.55 bits per heavy atom. The fraction of sp³-hybridized carbons (Fsp3) is 0.522. The zero-order chi connectivity index (χ0) is 23.6. The van der Waals surface area contributed by atoms with E-state index >= 15 is 0 Å². The molecule has 0 radical (unpaired) electrons. The topological polar surface area (TPSA) is 61.4 Å². The number of alkyl halides is 3. The normalized spacial score (nSPS) is 19.5. The molecule has 2 aliphatic rings. The van der Waals surface area contributed by atoms with Crippen molar-refractivity contribution < 1.29 is 18.0 Å². The van der Waals surface area contributed by atoms with Crippen molar-refractivity contribution in [3.8, 4) is 0 Å². The minimum Gasteiger partial charge on any atom is -0.353 e. The maximum Gasteiger partial charge on any atom is 0.401 e. The molecule has 1 aliphatic carbocycles. The molecular weight excluding hydrogens is 455 g/mol. The molecule has 0 spiro atoms. The lowest BCUT2D eigenvalue weighted by Gasteiger charge is -2.38. The van der Waals surface area contributed by atoms with Crippen LogP contribution in [0.25, 0.3) is 0 Å². The molecule has 2 aromatic rings. The Labute approximate surface area is 196 Å². The van der Waals surface area contributed by atoms with Gasteiger partial charge in [0.05, 0.1) is 12.5 Å². The number of fused-ring (bicyclic) bond motifs is 1. The second-order valence-electron chi connectivity index (χ2n) is 8.66. The summed E-state index contributed by atoms with van der Waals surface area (Å²) in [6.45, 7) is 3.14. The monoisotopic (exact) mass is 481 g/mol. The second-order valence-corrected chi connectivity index (χ2v) is 9.10. The third-order valence-electron chi connectivity index (χ3n) is 6.39. The van der Waals surface area contributed by atoms with E-state index in [4.69, 9.17) is 11.6 Å². The number of aromatic nitrogens is 2. The molecule has 6 nitrogen and oxygen atoms in total. The minimum atomic E-state index is -4.34. The number of rotatable bonds is 6. The van der Waals surface area contributed by atoms with E-state index in [0.29, 0.717) is 42.7 Å². The van der Waals surface area contributed by atoms with Gasteiger partial charge in [-0.1, -0.05) is 30.7 Å². The van der Waals surface area contributed by atoms with Gasteiger partial charge in [0.2, 0.25) is 5.91 Å². The molecule has 2 atom stereocenters. The van der Waals surface area contributed by atoms with Gasteiger partial charge in [0, 0.05) is 49.0 Å². The Kier molecular flexibility index (Phi) is 7.09. The highest BCUT2D eigenvalue weighted by atomic mass is 35.5. The van der Waals surface area contributed by atoms with Crippen LogP contribution in [0, 0.1) is 0 Å². The van der Waals surface area contributed by atoms with Crippen LogP contribution in [-0.4, -0.2) is 66.2 Å². The fourth-order valence-electron chi connectivity index (χ4n) is 4.64. The van der Waals surface area contributed by atoms with Gasteiger partial charge >= 0.3 is 6.18 Å². The number of hydrogen-bond donors (Lipinski definition) is 1. The standard InChI is InChI=1S/C23H27ClF3N5O/c1-15-2-7-19-20(15)21(30-14-29-19)31-8-10-32(11-9-31)22(33)18(12-28-13-23(25,26)27)16-3-5-17(24)6-4-16/h3-6,14-15,18,28H,2,7-13H2,1H3/t15-,18?/m1/s1. The first kappa shape index (κ1) is 23.8. The van der Waals surface area contributed by atoms with Gasteiger partial charge in [0.1, 0.15) is 12.1 Å². The van der Waals surface area contributed by atoms with Gasteiger partial charge in [-0.3, -0.25) is 4.79 Å². The summed E-state index contributed by atoms with van der Waals surface area (Å²) in [6.07, 6.45) is -0.716. The number of amides is 1.